The molecule has 63 valence electrons. The normalized spacial score (nSPS) is 23.8. The standard InChI is InChI=1S/C8H10N3O/c1-2-10-11-5-7(1)8-6-9-3-4-12-8/h1-2,8-9H,3-4,6H2. The molecule has 0 saturated carbocycles. The molecule has 1 saturated heterocycles. The zero-order valence-corrected chi connectivity index (χ0v) is 6.66. The number of hydrogen-bond acceptors (Lipinski definition) is 4. The van der Waals surface area contributed by atoms with E-state index < -0.39 is 0 Å². The fraction of sp³-hybridized carbons (Fsp3) is 0.500. The molecule has 2 rings (SSSR count). The van der Waals surface area contributed by atoms with Gasteiger partial charge in [0.15, 0.2) is 0 Å². The minimum atomic E-state index is 0.0919. The van der Waals surface area contributed by atoms with Gasteiger partial charge in [-0.2, -0.15) is 5.10 Å². The van der Waals surface area contributed by atoms with E-state index >= 15 is 0 Å². The van der Waals surface area contributed by atoms with Crippen molar-refractivity contribution in [2.75, 3.05) is 19.7 Å². The third-order valence-electron chi connectivity index (χ3n) is 1.83. The van der Waals surface area contributed by atoms with Crippen molar-refractivity contribution >= 4 is 0 Å². The van der Waals surface area contributed by atoms with Crippen LogP contribution in [0.1, 0.15) is 11.7 Å². The summed E-state index contributed by atoms with van der Waals surface area (Å²) in [5, 5.41) is 10.6. The van der Waals surface area contributed by atoms with E-state index in [-0.39, 0.29) is 6.10 Å². The quantitative estimate of drug-likeness (QED) is 0.631. The van der Waals surface area contributed by atoms with Gasteiger partial charge in [0.25, 0.3) is 0 Å². The minimum Gasteiger partial charge on any atom is -0.371 e. The zero-order valence-electron chi connectivity index (χ0n) is 6.66. The van der Waals surface area contributed by atoms with Crippen LogP contribution in [0.5, 0.6) is 0 Å². The maximum atomic E-state index is 5.50. The fourth-order valence-corrected chi connectivity index (χ4v) is 1.22. The molecule has 1 unspecified atom stereocenters. The van der Waals surface area contributed by atoms with Crippen molar-refractivity contribution in [1.29, 1.82) is 0 Å². The molecule has 0 spiro atoms. The van der Waals surface area contributed by atoms with E-state index in [1.54, 1.807) is 6.20 Å². The molecule has 1 aromatic rings. The van der Waals surface area contributed by atoms with Crippen LogP contribution in [-0.4, -0.2) is 29.9 Å². The SMILES string of the molecule is [c]1nnccc1C1CNCCO1. The molecule has 0 aliphatic carbocycles. The molecule has 1 radical (unpaired) electrons. The van der Waals surface area contributed by atoms with Gasteiger partial charge in [-0.1, -0.05) is 0 Å². The van der Waals surface area contributed by atoms with Crippen LogP contribution in [0.25, 0.3) is 0 Å². The van der Waals surface area contributed by atoms with E-state index in [4.69, 9.17) is 4.74 Å². The molecule has 0 aromatic carbocycles. The molecule has 12 heavy (non-hydrogen) atoms. The highest BCUT2D eigenvalue weighted by Gasteiger charge is 2.15. The van der Waals surface area contributed by atoms with Gasteiger partial charge in [0.2, 0.25) is 0 Å². The first kappa shape index (κ1) is 7.64. The van der Waals surface area contributed by atoms with Crippen molar-refractivity contribution < 1.29 is 4.74 Å². The van der Waals surface area contributed by atoms with Crippen molar-refractivity contribution in [3.05, 3.63) is 24.0 Å². The Labute approximate surface area is 71.0 Å². The van der Waals surface area contributed by atoms with Crippen molar-refractivity contribution in [1.82, 2.24) is 15.5 Å². The lowest BCUT2D eigenvalue weighted by Crippen LogP contribution is -2.33. The number of rotatable bonds is 1. The van der Waals surface area contributed by atoms with Gasteiger partial charge in [-0.05, 0) is 6.07 Å². The number of aromatic nitrogens is 2. The van der Waals surface area contributed by atoms with E-state index in [1.807, 2.05) is 6.07 Å². The molecule has 1 aromatic heterocycles. The van der Waals surface area contributed by atoms with Crippen LogP contribution in [0.3, 0.4) is 0 Å². The second-order valence-electron chi connectivity index (χ2n) is 2.66. The molecule has 0 amide bonds. The Morgan fingerprint density at radius 1 is 1.67 bits per heavy atom. The van der Waals surface area contributed by atoms with Crippen LogP contribution in [0.2, 0.25) is 0 Å². The molecular weight excluding hydrogens is 154 g/mol. The first-order valence-electron chi connectivity index (χ1n) is 3.98. The highest BCUT2D eigenvalue weighted by molar-refractivity contribution is 5.09. The first-order chi connectivity index (χ1) is 5.97. The summed E-state index contributed by atoms with van der Waals surface area (Å²) >= 11 is 0. The molecule has 1 aliphatic rings. The largest absolute Gasteiger partial charge is 0.371 e. The molecule has 1 atom stereocenters. The van der Waals surface area contributed by atoms with Crippen LogP contribution in [0.15, 0.2) is 12.3 Å². The fourth-order valence-electron chi connectivity index (χ4n) is 1.22. The van der Waals surface area contributed by atoms with Gasteiger partial charge in [-0.15, -0.1) is 5.10 Å². The minimum absolute atomic E-state index is 0.0919. The van der Waals surface area contributed by atoms with Crippen molar-refractivity contribution in [3.8, 4) is 0 Å². The average molecular weight is 164 g/mol. The number of ether oxygens (including phenoxy) is 1. The maximum Gasteiger partial charge on any atom is 0.119 e. The summed E-state index contributed by atoms with van der Waals surface area (Å²) in [6, 6.07) is 1.88. The van der Waals surface area contributed by atoms with Crippen LogP contribution in [-0.2, 0) is 4.74 Å². The molecule has 1 aliphatic heterocycles. The Bertz CT molecular complexity index is 233. The van der Waals surface area contributed by atoms with Crippen LogP contribution < -0.4 is 5.32 Å². The zero-order chi connectivity index (χ0) is 8.23. The van der Waals surface area contributed by atoms with Crippen molar-refractivity contribution in [2.24, 2.45) is 0 Å². The van der Waals surface area contributed by atoms with E-state index in [0.717, 1.165) is 25.3 Å². The highest BCUT2D eigenvalue weighted by Crippen LogP contribution is 2.15. The lowest BCUT2D eigenvalue weighted by Gasteiger charge is -2.22. The predicted octanol–water partition coefficient (Wildman–Crippen LogP) is -0.0623. The summed E-state index contributed by atoms with van der Waals surface area (Å²) in [6.45, 7) is 2.51. The van der Waals surface area contributed by atoms with Crippen molar-refractivity contribution in [3.63, 3.8) is 0 Å². The monoisotopic (exact) mass is 164 g/mol. The number of nitrogens with one attached hydrogen (secondary N) is 1. The number of morpholine rings is 1. The summed E-state index contributed by atoms with van der Waals surface area (Å²) in [4.78, 5) is 0. The van der Waals surface area contributed by atoms with E-state index in [0.29, 0.717) is 0 Å². The average Bonchev–Trinajstić information content (AvgIpc) is 2.21. The molecule has 1 fully saturated rings. The van der Waals surface area contributed by atoms with E-state index in [2.05, 4.69) is 21.7 Å². The lowest BCUT2D eigenvalue weighted by molar-refractivity contribution is 0.0272. The third kappa shape index (κ3) is 1.60. The predicted molar refractivity (Wildman–Crippen MR) is 42.4 cm³/mol. The van der Waals surface area contributed by atoms with Crippen LogP contribution in [0, 0.1) is 6.20 Å². The maximum absolute atomic E-state index is 5.50. The Balaban J connectivity index is 2.08. The Hall–Kier alpha value is -1.00. The second kappa shape index (κ2) is 3.60. The Morgan fingerprint density at radius 2 is 2.67 bits per heavy atom. The third-order valence-corrected chi connectivity index (χ3v) is 1.83. The summed E-state index contributed by atoms with van der Waals surface area (Å²) in [5.41, 5.74) is 0.970. The molecule has 2 heterocycles. The van der Waals surface area contributed by atoms with Gasteiger partial charge < -0.3 is 10.1 Å². The summed E-state index contributed by atoms with van der Waals surface area (Å²) in [6.07, 6.45) is 4.56. The summed E-state index contributed by atoms with van der Waals surface area (Å²) < 4.78 is 5.50. The van der Waals surface area contributed by atoms with Gasteiger partial charge in [0.1, 0.15) is 6.20 Å². The van der Waals surface area contributed by atoms with E-state index in [9.17, 15) is 0 Å². The molecule has 1 N–H and O–H groups in total. The van der Waals surface area contributed by atoms with Gasteiger partial charge in [-0.3, -0.25) is 0 Å². The first-order valence-corrected chi connectivity index (χ1v) is 3.98. The second-order valence-corrected chi connectivity index (χ2v) is 2.66. The highest BCUT2D eigenvalue weighted by atomic mass is 16.5. The topological polar surface area (TPSA) is 47.0 Å². The van der Waals surface area contributed by atoms with Gasteiger partial charge in [0, 0.05) is 24.8 Å². The summed E-state index contributed by atoms with van der Waals surface area (Å²) in [5.74, 6) is 0. The smallest absolute Gasteiger partial charge is 0.119 e. The van der Waals surface area contributed by atoms with E-state index in [1.165, 1.54) is 0 Å². The van der Waals surface area contributed by atoms with Gasteiger partial charge in [-0.25, -0.2) is 0 Å². The lowest BCUT2D eigenvalue weighted by atomic mass is 10.1. The Kier molecular flexibility index (Phi) is 2.29. The number of nitrogens with zero attached hydrogens (tertiary/aromatic N) is 2. The summed E-state index contributed by atoms with van der Waals surface area (Å²) in [7, 11) is 0. The van der Waals surface area contributed by atoms with Crippen LogP contribution in [0.4, 0.5) is 0 Å². The van der Waals surface area contributed by atoms with Gasteiger partial charge in [0.05, 0.1) is 12.7 Å². The van der Waals surface area contributed by atoms with Crippen molar-refractivity contribution in [2.45, 2.75) is 6.10 Å². The Morgan fingerprint density at radius 3 is 3.33 bits per heavy atom. The molecule has 0 bridgehead atoms. The number of hydrogen-bond donors (Lipinski definition) is 1. The van der Waals surface area contributed by atoms with Gasteiger partial charge >= 0.3 is 0 Å². The molecule has 4 nitrogen and oxygen atoms in total. The van der Waals surface area contributed by atoms with Crippen LogP contribution >= 0.6 is 0 Å². The molecule has 4 heteroatoms. The molecular formula is C8H10N3O.